The van der Waals surface area contributed by atoms with E-state index in [1.165, 1.54) is 11.6 Å². The Kier molecular flexibility index (Phi) is 5.46. The van der Waals surface area contributed by atoms with Crippen LogP contribution in [0, 0.1) is 0 Å². The smallest absolute Gasteiger partial charge is 0.155 e. The second-order valence-electron chi connectivity index (χ2n) is 3.72. The van der Waals surface area contributed by atoms with E-state index in [1.54, 1.807) is 0 Å². The summed E-state index contributed by atoms with van der Waals surface area (Å²) in [5.74, 6) is 0.162. The zero-order chi connectivity index (χ0) is 10.9. The third-order valence-corrected chi connectivity index (χ3v) is 2.46. The zero-order valence-electron chi connectivity index (χ0n) is 9.11. The van der Waals surface area contributed by atoms with Gasteiger partial charge in [-0.25, -0.2) is 0 Å². The molecule has 1 rings (SSSR count). The van der Waals surface area contributed by atoms with E-state index >= 15 is 0 Å². The normalized spacial score (nSPS) is 9.87. The molecule has 80 valence electrons. The first-order valence-electron chi connectivity index (χ1n) is 5.52. The Morgan fingerprint density at radius 2 is 1.87 bits per heavy atom. The Labute approximate surface area is 91.8 Å². The molecule has 0 heterocycles. The number of ketones is 1. The number of allylic oxidation sites excluding steroid dienone is 1. The molecule has 0 saturated heterocycles. The molecule has 0 amide bonds. The van der Waals surface area contributed by atoms with Gasteiger partial charge in [-0.05, 0) is 30.9 Å². The van der Waals surface area contributed by atoms with Crippen molar-refractivity contribution in [3.05, 3.63) is 48.6 Å². The molecular formula is C14H18O. The molecule has 0 aliphatic rings. The first-order chi connectivity index (χ1) is 7.33. The van der Waals surface area contributed by atoms with Gasteiger partial charge < -0.3 is 0 Å². The molecule has 15 heavy (non-hydrogen) atoms. The van der Waals surface area contributed by atoms with Gasteiger partial charge in [0.15, 0.2) is 5.78 Å². The molecular weight excluding hydrogens is 184 g/mol. The molecule has 1 aromatic rings. The van der Waals surface area contributed by atoms with Gasteiger partial charge in [-0.15, -0.1) is 0 Å². The van der Waals surface area contributed by atoms with Crippen LogP contribution in [0.3, 0.4) is 0 Å². The van der Waals surface area contributed by atoms with Gasteiger partial charge in [0.25, 0.3) is 0 Å². The van der Waals surface area contributed by atoms with Gasteiger partial charge in [0.05, 0.1) is 0 Å². The lowest BCUT2D eigenvalue weighted by molar-refractivity contribution is -0.114. The average Bonchev–Trinajstić information content (AvgIpc) is 2.29. The highest BCUT2D eigenvalue weighted by Crippen LogP contribution is 2.07. The van der Waals surface area contributed by atoms with Gasteiger partial charge in [-0.2, -0.15) is 0 Å². The number of unbranched alkanes of at least 4 members (excludes halogenated alkanes) is 2. The van der Waals surface area contributed by atoms with E-state index in [0.717, 1.165) is 25.7 Å². The third-order valence-electron chi connectivity index (χ3n) is 2.46. The number of carbonyl (C=O) groups excluding carboxylic acids is 1. The van der Waals surface area contributed by atoms with Gasteiger partial charge in [-0.1, -0.05) is 43.3 Å². The Hall–Kier alpha value is -1.37. The van der Waals surface area contributed by atoms with E-state index < -0.39 is 0 Å². The van der Waals surface area contributed by atoms with Crippen LogP contribution >= 0.6 is 0 Å². The molecule has 1 nitrogen and oxygen atoms in total. The number of benzene rings is 1. The quantitative estimate of drug-likeness (QED) is 0.488. The monoisotopic (exact) mass is 202 g/mol. The van der Waals surface area contributed by atoms with E-state index in [2.05, 4.69) is 30.8 Å². The van der Waals surface area contributed by atoms with Crippen LogP contribution in [0.15, 0.2) is 43.0 Å². The minimum atomic E-state index is 0.162. The van der Waals surface area contributed by atoms with Crippen molar-refractivity contribution in [3.8, 4) is 0 Å². The first kappa shape index (κ1) is 11.7. The largest absolute Gasteiger partial charge is 0.295 e. The summed E-state index contributed by atoms with van der Waals surface area (Å²) in [6.07, 6.45) is 6.44. The average molecular weight is 202 g/mol. The molecule has 0 radical (unpaired) electrons. The lowest BCUT2D eigenvalue weighted by Gasteiger charge is -2.00. The van der Waals surface area contributed by atoms with Crippen LogP contribution in [0.5, 0.6) is 0 Å². The van der Waals surface area contributed by atoms with E-state index in [0.29, 0.717) is 6.42 Å². The van der Waals surface area contributed by atoms with Crippen molar-refractivity contribution in [2.24, 2.45) is 0 Å². The van der Waals surface area contributed by atoms with Crippen molar-refractivity contribution in [2.45, 2.75) is 32.1 Å². The Bertz CT molecular complexity index is 300. The summed E-state index contributed by atoms with van der Waals surface area (Å²) in [4.78, 5) is 10.9. The molecule has 0 unspecified atom stereocenters. The molecule has 0 N–H and O–H groups in total. The fraction of sp³-hybridized carbons (Fsp3) is 0.357. The van der Waals surface area contributed by atoms with Crippen molar-refractivity contribution in [2.75, 3.05) is 0 Å². The Balaban J connectivity index is 2.07. The van der Waals surface area contributed by atoms with E-state index in [9.17, 15) is 4.79 Å². The van der Waals surface area contributed by atoms with Crippen molar-refractivity contribution in [1.29, 1.82) is 0 Å². The van der Waals surface area contributed by atoms with Gasteiger partial charge in [-0.3, -0.25) is 4.79 Å². The van der Waals surface area contributed by atoms with Gasteiger partial charge >= 0.3 is 0 Å². The van der Waals surface area contributed by atoms with E-state index in [4.69, 9.17) is 0 Å². The summed E-state index contributed by atoms with van der Waals surface area (Å²) in [7, 11) is 0. The van der Waals surface area contributed by atoms with Crippen LogP contribution in [0.25, 0.3) is 0 Å². The highest BCUT2D eigenvalue weighted by Gasteiger charge is 1.96. The van der Waals surface area contributed by atoms with Crippen LogP contribution in [-0.2, 0) is 11.2 Å². The maximum Gasteiger partial charge on any atom is 0.155 e. The molecule has 0 atom stereocenters. The fourth-order valence-corrected chi connectivity index (χ4v) is 1.55. The molecule has 1 aromatic carbocycles. The summed E-state index contributed by atoms with van der Waals surface area (Å²) < 4.78 is 0. The first-order valence-corrected chi connectivity index (χ1v) is 5.52. The van der Waals surface area contributed by atoms with Crippen molar-refractivity contribution >= 4 is 5.78 Å². The lowest BCUT2D eigenvalue weighted by atomic mass is 10.1. The number of carbonyl (C=O) groups is 1. The molecule has 0 aliphatic carbocycles. The zero-order valence-corrected chi connectivity index (χ0v) is 9.11. The summed E-state index contributed by atoms with van der Waals surface area (Å²) in [5.41, 5.74) is 1.38. The predicted octanol–water partition coefficient (Wildman–Crippen LogP) is 3.54. The van der Waals surface area contributed by atoms with Gasteiger partial charge in [0.2, 0.25) is 0 Å². The number of hydrogen-bond donors (Lipinski definition) is 0. The molecule has 1 heteroatoms. The van der Waals surface area contributed by atoms with E-state index in [-0.39, 0.29) is 5.78 Å². The summed E-state index contributed by atoms with van der Waals surface area (Å²) >= 11 is 0. The number of hydrogen-bond acceptors (Lipinski definition) is 1. The summed E-state index contributed by atoms with van der Waals surface area (Å²) in [6.45, 7) is 3.46. The topological polar surface area (TPSA) is 17.1 Å². The fourth-order valence-electron chi connectivity index (χ4n) is 1.55. The Morgan fingerprint density at radius 3 is 2.53 bits per heavy atom. The van der Waals surface area contributed by atoms with Crippen molar-refractivity contribution in [1.82, 2.24) is 0 Å². The predicted molar refractivity (Wildman–Crippen MR) is 63.8 cm³/mol. The molecule has 0 bridgehead atoms. The maximum absolute atomic E-state index is 10.9. The SMILES string of the molecule is C=CC(=O)CCCCCc1ccccc1. The van der Waals surface area contributed by atoms with E-state index in [1.807, 2.05) is 6.07 Å². The minimum Gasteiger partial charge on any atom is -0.295 e. The summed E-state index contributed by atoms with van der Waals surface area (Å²) in [5, 5.41) is 0. The van der Waals surface area contributed by atoms with Crippen LogP contribution in [0.1, 0.15) is 31.2 Å². The highest BCUT2D eigenvalue weighted by molar-refractivity contribution is 5.88. The number of aryl methyl sites for hydroxylation is 1. The van der Waals surface area contributed by atoms with Crippen LogP contribution in [0.2, 0.25) is 0 Å². The van der Waals surface area contributed by atoms with Crippen molar-refractivity contribution in [3.63, 3.8) is 0 Å². The standard InChI is InChI=1S/C14H18O/c1-2-14(15)12-8-4-7-11-13-9-5-3-6-10-13/h2-3,5-6,9-10H,1,4,7-8,11-12H2. The summed E-state index contributed by atoms with van der Waals surface area (Å²) in [6, 6.07) is 10.5. The lowest BCUT2D eigenvalue weighted by Crippen LogP contribution is -1.92. The highest BCUT2D eigenvalue weighted by atomic mass is 16.1. The van der Waals surface area contributed by atoms with Gasteiger partial charge in [0.1, 0.15) is 0 Å². The van der Waals surface area contributed by atoms with Crippen LogP contribution < -0.4 is 0 Å². The van der Waals surface area contributed by atoms with Crippen molar-refractivity contribution < 1.29 is 4.79 Å². The van der Waals surface area contributed by atoms with Crippen LogP contribution in [-0.4, -0.2) is 5.78 Å². The van der Waals surface area contributed by atoms with Crippen LogP contribution in [0.4, 0.5) is 0 Å². The number of rotatable bonds is 7. The molecule has 0 aliphatic heterocycles. The van der Waals surface area contributed by atoms with Gasteiger partial charge in [0, 0.05) is 6.42 Å². The molecule has 0 saturated carbocycles. The molecule has 0 aromatic heterocycles. The second-order valence-corrected chi connectivity index (χ2v) is 3.72. The second kappa shape index (κ2) is 6.99. The third kappa shape index (κ3) is 5.16. The molecule has 0 spiro atoms. The Morgan fingerprint density at radius 1 is 1.13 bits per heavy atom. The minimum absolute atomic E-state index is 0.162. The maximum atomic E-state index is 10.9. The molecule has 0 fully saturated rings.